The van der Waals surface area contributed by atoms with Gasteiger partial charge in [-0.2, -0.15) is 6.92 Å². The van der Waals surface area contributed by atoms with Gasteiger partial charge in [0.2, 0.25) is 0 Å². The second-order valence-corrected chi connectivity index (χ2v) is 4.57. The molecule has 1 rings (SSSR count). The second-order valence-electron chi connectivity index (χ2n) is 4.57. The van der Waals surface area contributed by atoms with Gasteiger partial charge in [0.1, 0.15) is 0 Å². The largest absolute Gasteiger partial charge is 2.00 e. The molecule has 1 aliphatic rings. The van der Waals surface area contributed by atoms with Gasteiger partial charge in [-0.25, -0.2) is 0 Å². The molecule has 0 saturated carbocycles. The Morgan fingerprint density at radius 1 is 1.53 bits per heavy atom. The van der Waals surface area contributed by atoms with Crippen LogP contribution in [0.3, 0.4) is 0 Å². The van der Waals surface area contributed by atoms with Crippen LogP contribution >= 0.6 is 0 Å². The summed E-state index contributed by atoms with van der Waals surface area (Å²) in [5.74, 6) is 1.35. The van der Waals surface area contributed by atoms with Crippen LogP contribution in [0.25, 0.3) is 0 Å². The van der Waals surface area contributed by atoms with E-state index in [4.69, 9.17) is 0 Å². The molecule has 0 radical (unpaired) electrons. The van der Waals surface area contributed by atoms with Crippen LogP contribution in [0.5, 0.6) is 0 Å². The number of carbonyl (C=O) groups excluding carboxylic acids is 1. The fourth-order valence-corrected chi connectivity index (χ4v) is 2.52. The number of likely N-dealkylation sites (tertiary alicyclic amines) is 1. The van der Waals surface area contributed by atoms with Crippen LogP contribution in [0.4, 0.5) is 0 Å². The van der Waals surface area contributed by atoms with Crippen LogP contribution in [-0.2, 0) is 4.79 Å². The summed E-state index contributed by atoms with van der Waals surface area (Å²) >= 11 is 0. The molecule has 1 saturated heterocycles. The van der Waals surface area contributed by atoms with Crippen molar-refractivity contribution in [1.29, 1.82) is 0 Å². The third-order valence-corrected chi connectivity index (χ3v) is 3.35. The van der Waals surface area contributed by atoms with Gasteiger partial charge in [-0.3, -0.25) is 0 Å². The fraction of sp³-hybridized carbons (Fsp3) is 0.750. The maximum absolute atomic E-state index is 11.6. The Balaban J connectivity index is 0.00000196. The van der Waals surface area contributed by atoms with Crippen molar-refractivity contribution in [1.82, 2.24) is 4.90 Å². The van der Waals surface area contributed by atoms with Gasteiger partial charge in [-0.1, -0.05) is 26.3 Å². The number of nitrogens with zero attached hydrogens (tertiary/aromatic N) is 1. The molecule has 3 atom stereocenters. The summed E-state index contributed by atoms with van der Waals surface area (Å²) in [6, 6.07) is 0.488. The van der Waals surface area contributed by atoms with E-state index in [0.717, 1.165) is 6.42 Å². The molecule has 0 aliphatic carbocycles. The molecule has 2 nitrogen and oxygen atoms in total. The van der Waals surface area contributed by atoms with Crippen LogP contribution in [0, 0.1) is 56.3 Å². The monoisotopic (exact) mass is 433 g/mol. The van der Waals surface area contributed by atoms with Gasteiger partial charge in [-0.15, -0.1) is 0 Å². The van der Waals surface area contributed by atoms with Gasteiger partial charge >= 0.3 is 31.1 Å². The molecule has 0 bridgehead atoms. The first-order valence-electron chi connectivity index (χ1n) is 5.43. The molecule has 3 unspecified atom stereocenters. The summed E-state index contributed by atoms with van der Waals surface area (Å²) in [5, 5.41) is 0. The molecule has 3 heteroatoms. The molecule has 15 heavy (non-hydrogen) atoms. The number of rotatable bonds is 2. The van der Waals surface area contributed by atoms with Crippen molar-refractivity contribution in [2.75, 3.05) is 0 Å². The smallest absolute Gasteiger partial charge is 0.391 e. The minimum Gasteiger partial charge on any atom is -0.391 e. The minimum atomic E-state index is 0. The average molecular weight is 433 g/mol. The van der Waals surface area contributed by atoms with E-state index < -0.39 is 0 Å². The fourth-order valence-electron chi connectivity index (χ4n) is 2.52. The van der Waals surface area contributed by atoms with Gasteiger partial charge in [0, 0.05) is 6.04 Å². The van der Waals surface area contributed by atoms with E-state index >= 15 is 0 Å². The third-order valence-electron chi connectivity index (χ3n) is 3.35. The quantitative estimate of drug-likeness (QED) is 0.613. The van der Waals surface area contributed by atoms with Gasteiger partial charge in [0.15, 0.2) is 0 Å². The van der Waals surface area contributed by atoms with Crippen LogP contribution in [-0.4, -0.2) is 22.9 Å². The Hall–Kier alpha value is 0.392. The van der Waals surface area contributed by atoms with Crippen molar-refractivity contribution in [3.8, 4) is 0 Å². The second kappa shape index (κ2) is 6.21. The molecule has 0 aromatic heterocycles. The van der Waals surface area contributed by atoms with E-state index in [1.54, 1.807) is 13.3 Å². The number of carbonyl (C=O) groups is 1. The summed E-state index contributed by atoms with van der Waals surface area (Å²) in [4.78, 5) is 13.6. The molecule has 84 valence electrons. The van der Waals surface area contributed by atoms with Crippen molar-refractivity contribution in [3.05, 3.63) is 13.3 Å². The minimum absolute atomic E-state index is 0. The summed E-state index contributed by atoms with van der Waals surface area (Å²) in [6.07, 6.45) is 2.68. The maximum atomic E-state index is 11.6. The Kier molecular flexibility index (Phi) is 6.37. The number of amides is 1. The molecule has 1 aliphatic heterocycles. The molecule has 0 spiro atoms. The van der Waals surface area contributed by atoms with E-state index in [9.17, 15) is 4.79 Å². The van der Waals surface area contributed by atoms with Crippen LogP contribution < -0.4 is 0 Å². The first-order chi connectivity index (χ1) is 6.49. The Morgan fingerprint density at radius 3 is 2.40 bits per heavy atom. The molecular weight excluding hydrogens is 412 g/mol. The normalized spacial score (nSPS) is 30.3. The SMILES string of the molecule is [CH2-]C1CC(C(C)C)C(C)N1C(=O)[CH-]C.[U+2]. The zero-order valence-electron chi connectivity index (χ0n) is 10.2. The summed E-state index contributed by atoms with van der Waals surface area (Å²) in [7, 11) is 0. The molecule has 0 aromatic carbocycles. The van der Waals surface area contributed by atoms with Crippen LogP contribution in [0.1, 0.15) is 34.1 Å². The number of hydrogen-bond acceptors (Lipinski definition) is 1. The van der Waals surface area contributed by atoms with Crippen molar-refractivity contribution in [2.45, 2.75) is 46.2 Å². The van der Waals surface area contributed by atoms with Crippen LogP contribution in [0.2, 0.25) is 0 Å². The maximum Gasteiger partial charge on any atom is 2.00 e. The summed E-state index contributed by atoms with van der Waals surface area (Å²) in [6.45, 7) is 12.4. The zero-order valence-corrected chi connectivity index (χ0v) is 14.3. The molecule has 1 amide bonds. The van der Waals surface area contributed by atoms with E-state index in [0.29, 0.717) is 17.9 Å². The molecular formula is C12H21NOU. The molecule has 0 N–H and O–H groups in total. The van der Waals surface area contributed by atoms with Crippen LogP contribution in [0.15, 0.2) is 0 Å². The van der Waals surface area contributed by atoms with Gasteiger partial charge < -0.3 is 23.0 Å². The van der Waals surface area contributed by atoms with E-state index in [2.05, 4.69) is 27.7 Å². The first kappa shape index (κ1) is 15.4. The first-order valence-corrected chi connectivity index (χ1v) is 5.43. The average Bonchev–Trinajstić information content (AvgIpc) is 2.41. The Labute approximate surface area is 118 Å². The van der Waals surface area contributed by atoms with E-state index in [1.807, 2.05) is 4.90 Å². The third kappa shape index (κ3) is 3.17. The molecule has 0 aromatic rings. The van der Waals surface area contributed by atoms with E-state index in [1.165, 1.54) is 0 Å². The van der Waals surface area contributed by atoms with Gasteiger partial charge in [-0.05, 0) is 18.8 Å². The van der Waals surface area contributed by atoms with Crippen molar-refractivity contribution in [2.24, 2.45) is 11.8 Å². The Morgan fingerprint density at radius 2 is 2.07 bits per heavy atom. The molecule has 1 fully saturated rings. The van der Waals surface area contributed by atoms with E-state index in [-0.39, 0.29) is 43.1 Å². The summed E-state index contributed by atoms with van der Waals surface area (Å²) in [5.41, 5.74) is 0. The standard InChI is InChI=1S/C12H21NO.U/c1-6-12(14)13-9(4)7-11(8(2)3)10(13)5;/h6,8-11H,4,7H2,1-3,5H3;/q-2;+2. The summed E-state index contributed by atoms with van der Waals surface area (Å²) < 4.78 is 0. The van der Waals surface area contributed by atoms with Crippen molar-refractivity contribution in [3.63, 3.8) is 0 Å². The molecule has 1 heterocycles. The predicted octanol–water partition coefficient (Wildman–Crippen LogP) is 2.31. The van der Waals surface area contributed by atoms with Gasteiger partial charge in [0.05, 0.1) is 5.91 Å². The topological polar surface area (TPSA) is 20.3 Å². The zero-order chi connectivity index (χ0) is 10.9. The predicted molar refractivity (Wildman–Crippen MR) is 58.4 cm³/mol. The Bertz CT molecular complexity index is 218. The number of hydrogen-bond donors (Lipinski definition) is 0. The van der Waals surface area contributed by atoms with Crippen molar-refractivity contribution < 1.29 is 35.9 Å². The van der Waals surface area contributed by atoms with Crippen molar-refractivity contribution >= 4 is 5.91 Å². The van der Waals surface area contributed by atoms with Gasteiger partial charge in [0.25, 0.3) is 0 Å².